The molecule has 2 N–H and O–H groups in total. The Morgan fingerprint density at radius 3 is 2.65 bits per heavy atom. The van der Waals surface area contributed by atoms with Gasteiger partial charge in [-0.15, -0.1) is 0 Å². The Balaban J connectivity index is 2.10. The second-order valence-electron chi connectivity index (χ2n) is 4.54. The van der Waals surface area contributed by atoms with Gasteiger partial charge in [-0.05, 0) is 19.4 Å². The maximum atomic E-state index is 9.88. The van der Waals surface area contributed by atoms with Gasteiger partial charge in [0.2, 0.25) is 0 Å². The Hall–Kier alpha value is -0.890. The molecule has 2 aliphatic rings. The van der Waals surface area contributed by atoms with Crippen LogP contribution in [0.15, 0.2) is 5.11 Å². The van der Waals surface area contributed by atoms with Crippen molar-refractivity contribution in [2.24, 2.45) is 5.11 Å². The molecule has 0 bridgehead atoms. The number of hydrogen-bond donors (Lipinski definition) is 2. The lowest BCUT2D eigenvalue weighted by atomic mass is 9.99. The van der Waals surface area contributed by atoms with Crippen LogP contribution in [-0.4, -0.2) is 53.3 Å². The average molecular weight is 245 g/mol. The number of ether oxygens (including phenoxy) is 3. The lowest BCUT2D eigenvalue weighted by Gasteiger charge is -2.37. The molecule has 96 valence electrons. The summed E-state index contributed by atoms with van der Waals surface area (Å²) in [4.78, 5) is 2.58. The number of azide groups is 1. The normalized spacial score (nSPS) is 43.9. The van der Waals surface area contributed by atoms with Crippen LogP contribution >= 0.6 is 0 Å². The molecule has 2 rings (SSSR count). The molecule has 17 heavy (non-hydrogen) atoms. The van der Waals surface area contributed by atoms with Crippen molar-refractivity contribution in [1.82, 2.24) is 0 Å². The van der Waals surface area contributed by atoms with Crippen molar-refractivity contribution in [3.8, 4) is 0 Å². The summed E-state index contributed by atoms with van der Waals surface area (Å²) in [6, 6.07) is 0. The van der Waals surface area contributed by atoms with Crippen LogP contribution in [0.25, 0.3) is 10.4 Å². The first-order valence-electron chi connectivity index (χ1n) is 5.33. The zero-order valence-electron chi connectivity index (χ0n) is 9.55. The van der Waals surface area contributed by atoms with Gasteiger partial charge in [0.1, 0.15) is 18.3 Å². The molecule has 8 heteroatoms. The van der Waals surface area contributed by atoms with Gasteiger partial charge in [0.05, 0.1) is 12.6 Å². The van der Waals surface area contributed by atoms with Crippen LogP contribution in [0.4, 0.5) is 0 Å². The third kappa shape index (κ3) is 2.37. The number of fused-ring (bicyclic) bond motifs is 1. The van der Waals surface area contributed by atoms with E-state index in [0.717, 1.165) is 0 Å². The van der Waals surface area contributed by atoms with E-state index in [2.05, 4.69) is 10.0 Å². The monoisotopic (exact) mass is 245 g/mol. The maximum absolute atomic E-state index is 9.88. The van der Waals surface area contributed by atoms with E-state index in [0.29, 0.717) is 0 Å². The molecule has 0 aromatic heterocycles. The van der Waals surface area contributed by atoms with E-state index in [1.54, 1.807) is 13.8 Å². The van der Waals surface area contributed by atoms with Gasteiger partial charge in [0, 0.05) is 4.91 Å². The summed E-state index contributed by atoms with van der Waals surface area (Å²) in [5.74, 6) is -0.872. The smallest absolute Gasteiger partial charge is 0.190 e. The van der Waals surface area contributed by atoms with Gasteiger partial charge < -0.3 is 24.4 Å². The molecule has 0 amide bonds. The minimum atomic E-state index is -1.17. The van der Waals surface area contributed by atoms with Gasteiger partial charge in [-0.3, -0.25) is 0 Å². The number of aliphatic hydroxyl groups excluding tert-OH is 2. The molecular formula is C9H15N3O5. The molecule has 2 saturated heterocycles. The first-order valence-corrected chi connectivity index (χ1v) is 5.33. The van der Waals surface area contributed by atoms with Crippen LogP contribution in [0.3, 0.4) is 0 Å². The van der Waals surface area contributed by atoms with Crippen molar-refractivity contribution >= 4 is 0 Å². The van der Waals surface area contributed by atoms with Gasteiger partial charge >= 0.3 is 0 Å². The van der Waals surface area contributed by atoms with Crippen LogP contribution in [0, 0.1) is 0 Å². The largest absolute Gasteiger partial charge is 0.388 e. The quantitative estimate of drug-likeness (QED) is 0.400. The van der Waals surface area contributed by atoms with Crippen LogP contribution < -0.4 is 0 Å². The Bertz CT molecular complexity index is 344. The second-order valence-corrected chi connectivity index (χ2v) is 4.54. The molecule has 0 saturated carbocycles. The zero-order chi connectivity index (χ0) is 12.6. The maximum Gasteiger partial charge on any atom is 0.190 e. The van der Waals surface area contributed by atoms with Gasteiger partial charge in [-0.2, -0.15) is 0 Å². The Kier molecular flexibility index (Phi) is 3.26. The number of nitrogens with zero attached hydrogens (tertiary/aromatic N) is 3. The van der Waals surface area contributed by atoms with Crippen molar-refractivity contribution in [3.05, 3.63) is 10.4 Å². The van der Waals surface area contributed by atoms with E-state index in [1.165, 1.54) is 0 Å². The number of rotatable bonds is 2. The van der Waals surface area contributed by atoms with E-state index in [1.807, 2.05) is 0 Å². The van der Waals surface area contributed by atoms with Gasteiger partial charge in [-0.25, -0.2) is 0 Å². The summed E-state index contributed by atoms with van der Waals surface area (Å²) in [5, 5.41) is 23.0. The fraction of sp³-hybridized carbons (Fsp3) is 1.00. The highest BCUT2D eigenvalue weighted by molar-refractivity contribution is 4.94. The van der Waals surface area contributed by atoms with E-state index in [4.69, 9.17) is 19.7 Å². The standard InChI is InChI=1S/C9H15N3O5/c1-9(2)16-7-6(14)5(13)4(3-11-12-10)15-8(7)17-9/h4-8,13-14H,3H2,1-2H3/t4-,5-,6-,7+,8+/m0/s1. The summed E-state index contributed by atoms with van der Waals surface area (Å²) in [7, 11) is 0. The fourth-order valence-corrected chi connectivity index (χ4v) is 2.03. The molecule has 2 heterocycles. The first kappa shape index (κ1) is 12.6. The van der Waals surface area contributed by atoms with Crippen LogP contribution in [0.5, 0.6) is 0 Å². The highest BCUT2D eigenvalue weighted by Gasteiger charge is 2.53. The molecule has 8 nitrogen and oxygen atoms in total. The Morgan fingerprint density at radius 2 is 2.00 bits per heavy atom. The third-order valence-corrected chi connectivity index (χ3v) is 2.79. The van der Waals surface area contributed by atoms with E-state index in [9.17, 15) is 10.2 Å². The van der Waals surface area contributed by atoms with E-state index < -0.39 is 36.5 Å². The third-order valence-electron chi connectivity index (χ3n) is 2.79. The van der Waals surface area contributed by atoms with E-state index >= 15 is 0 Å². The minimum Gasteiger partial charge on any atom is -0.388 e. The molecular weight excluding hydrogens is 230 g/mol. The summed E-state index contributed by atoms with van der Waals surface area (Å²) >= 11 is 0. The van der Waals surface area contributed by atoms with Crippen molar-refractivity contribution < 1.29 is 24.4 Å². The van der Waals surface area contributed by atoms with Crippen molar-refractivity contribution in [1.29, 1.82) is 0 Å². The van der Waals surface area contributed by atoms with Crippen molar-refractivity contribution in [3.63, 3.8) is 0 Å². The van der Waals surface area contributed by atoms with Crippen LogP contribution in [-0.2, 0) is 14.2 Å². The van der Waals surface area contributed by atoms with Crippen LogP contribution in [0.2, 0.25) is 0 Å². The molecule has 0 radical (unpaired) electrons. The minimum absolute atomic E-state index is 0.0677. The Labute approximate surface area is 97.7 Å². The summed E-state index contributed by atoms with van der Waals surface area (Å²) in [6.07, 6.45) is -4.59. The molecule has 0 aliphatic carbocycles. The molecule has 2 aliphatic heterocycles. The molecule has 0 unspecified atom stereocenters. The lowest BCUT2D eigenvalue weighted by Crippen LogP contribution is -2.57. The molecule has 0 aromatic carbocycles. The summed E-state index contributed by atoms with van der Waals surface area (Å²) in [5.41, 5.74) is 8.22. The SMILES string of the molecule is CC1(C)O[C@H]2O[C@@H](CN=[N+]=[N-])[C@H](O)[C@H](O)[C@H]2O1. The topological polar surface area (TPSA) is 117 Å². The lowest BCUT2D eigenvalue weighted by molar-refractivity contribution is -0.247. The van der Waals surface area contributed by atoms with Crippen LogP contribution in [0.1, 0.15) is 13.8 Å². The molecule has 0 aromatic rings. The average Bonchev–Trinajstić information content (AvgIpc) is 2.57. The zero-order valence-corrected chi connectivity index (χ0v) is 9.55. The summed E-state index contributed by atoms with van der Waals surface area (Å²) < 4.78 is 16.3. The van der Waals surface area contributed by atoms with E-state index in [-0.39, 0.29) is 6.54 Å². The fourth-order valence-electron chi connectivity index (χ4n) is 2.03. The number of aliphatic hydroxyl groups is 2. The number of hydrogen-bond acceptors (Lipinski definition) is 6. The Morgan fingerprint density at radius 1 is 1.29 bits per heavy atom. The molecule has 0 spiro atoms. The predicted molar refractivity (Wildman–Crippen MR) is 54.7 cm³/mol. The molecule has 5 atom stereocenters. The summed E-state index contributed by atoms with van der Waals surface area (Å²) in [6.45, 7) is 3.31. The van der Waals surface area contributed by atoms with Gasteiger partial charge in [0.25, 0.3) is 0 Å². The van der Waals surface area contributed by atoms with Crippen molar-refractivity contribution in [2.45, 2.75) is 50.3 Å². The van der Waals surface area contributed by atoms with Gasteiger partial charge in [0.15, 0.2) is 12.1 Å². The van der Waals surface area contributed by atoms with Gasteiger partial charge in [-0.1, -0.05) is 5.11 Å². The predicted octanol–water partition coefficient (Wildman–Crippen LogP) is -0.105. The first-order chi connectivity index (χ1) is 7.94. The molecule has 2 fully saturated rings. The second kappa shape index (κ2) is 4.41. The van der Waals surface area contributed by atoms with Crippen molar-refractivity contribution in [2.75, 3.05) is 6.54 Å². The highest BCUT2D eigenvalue weighted by atomic mass is 16.8. The highest BCUT2D eigenvalue weighted by Crippen LogP contribution is 2.36.